The van der Waals surface area contributed by atoms with Crippen molar-refractivity contribution in [2.45, 2.75) is 13.3 Å². The first-order chi connectivity index (χ1) is 10.1. The molecule has 21 heavy (non-hydrogen) atoms. The Kier molecular flexibility index (Phi) is 3.72. The number of nitrogens with two attached hydrogens (primary N) is 1. The Labute approximate surface area is 132 Å². The molecule has 2 N–H and O–H groups in total. The Balaban J connectivity index is 2.02. The van der Waals surface area contributed by atoms with Crippen molar-refractivity contribution >= 4 is 33.2 Å². The highest BCUT2D eigenvalue weighted by Gasteiger charge is 2.27. The number of halogens is 1. The zero-order chi connectivity index (χ0) is 15.0. The van der Waals surface area contributed by atoms with Crippen LogP contribution in [0.4, 0.5) is 11.4 Å². The maximum atomic E-state index is 12.9. The monoisotopic (exact) mass is 344 g/mol. The van der Waals surface area contributed by atoms with E-state index in [4.69, 9.17) is 5.73 Å². The van der Waals surface area contributed by atoms with Gasteiger partial charge in [-0.3, -0.25) is 4.79 Å². The lowest BCUT2D eigenvalue weighted by molar-refractivity contribution is 0.0982. The van der Waals surface area contributed by atoms with Crippen LogP contribution in [0.15, 0.2) is 46.9 Å². The molecule has 0 saturated heterocycles. The lowest BCUT2D eigenvalue weighted by Crippen LogP contribution is -2.39. The summed E-state index contributed by atoms with van der Waals surface area (Å²) in [5.74, 6) is 0.416. The van der Waals surface area contributed by atoms with E-state index in [1.165, 1.54) is 5.56 Å². The number of anilines is 2. The molecule has 1 unspecified atom stereocenters. The molecule has 0 saturated carbocycles. The summed E-state index contributed by atoms with van der Waals surface area (Å²) >= 11 is 3.37. The van der Waals surface area contributed by atoms with Crippen molar-refractivity contribution in [1.82, 2.24) is 0 Å². The fourth-order valence-corrected chi connectivity index (χ4v) is 3.24. The lowest BCUT2D eigenvalue weighted by Gasteiger charge is -2.33. The number of fused-ring (bicyclic) bond motifs is 1. The number of nitrogens with zero attached hydrogens (tertiary/aromatic N) is 1. The summed E-state index contributed by atoms with van der Waals surface area (Å²) in [6, 6.07) is 13.5. The molecule has 0 aliphatic carbocycles. The second kappa shape index (κ2) is 5.53. The van der Waals surface area contributed by atoms with Crippen molar-refractivity contribution in [3.63, 3.8) is 0 Å². The molecule has 1 aliphatic heterocycles. The van der Waals surface area contributed by atoms with Gasteiger partial charge in [-0.25, -0.2) is 0 Å². The smallest absolute Gasteiger partial charge is 0.260 e. The van der Waals surface area contributed by atoms with Gasteiger partial charge in [0, 0.05) is 22.4 Å². The summed E-state index contributed by atoms with van der Waals surface area (Å²) < 4.78 is 0.879. The van der Waals surface area contributed by atoms with Crippen LogP contribution in [0.25, 0.3) is 0 Å². The number of para-hydroxylation sites is 1. The van der Waals surface area contributed by atoms with Crippen LogP contribution in [-0.4, -0.2) is 12.5 Å². The number of rotatable bonds is 1. The largest absolute Gasteiger partial charge is 0.398 e. The van der Waals surface area contributed by atoms with Gasteiger partial charge in [-0.15, -0.1) is 0 Å². The highest BCUT2D eigenvalue weighted by molar-refractivity contribution is 9.10. The van der Waals surface area contributed by atoms with Gasteiger partial charge < -0.3 is 10.6 Å². The third kappa shape index (κ3) is 2.68. The quantitative estimate of drug-likeness (QED) is 0.798. The molecule has 0 bridgehead atoms. The summed E-state index contributed by atoms with van der Waals surface area (Å²) in [4.78, 5) is 14.7. The fourth-order valence-electron chi connectivity index (χ4n) is 2.86. The van der Waals surface area contributed by atoms with Crippen LogP contribution in [0, 0.1) is 5.92 Å². The van der Waals surface area contributed by atoms with Crippen molar-refractivity contribution < 1.29 is 4.79 Å². The zero-order valence-electron chi connectivity index (χ0n) is 11.8. The Morgan fingerprint density at radius 1 is 1.29 bits per heavy atom. The molecule has 108 valence electrons. The molecule has 0 aromatic heterocycles. The molecule has 1 atom stereocenters. The molecule has 3 rings (SSSR count). The van der Waals surface area contributed by atoms with Gasteiger partial charge in [0.2, 0.25) is 0 Å². The standard InChI is InChI=1S/C17H17BrN2O/c1-11-8-12-4-2-3-5-16(12)20(10-11)17(21)14-7-6-13(18)9-15(14)19/h2-7,9,11H,8,10,19H2,1H3. The first-order valence-corrected chi connectivity index (χ1v) is 7.80. The van der Waals surface area contributed by atoms with Gasteiger partial charge in [-0.05, 0) is 42.2 Å². The zero-order valence-corrected chi connectivity index (χ0v) is 13.4. The summed E-state index contributed by atoms with van der Waals surface area (Å²) in [6.45, 7) is 2.90. The highest BCUT2D eigenvalue weighted by Crippen LogP contribution is 2.31. The van der Waals surface area contributed by atoms with Crippen molar-refractivity contribution in [3.05, 3.63) is 58.1 Å². The number of nitrogen functional groups attached to an aromatic ring is 1. The fraction of sp³-hybridized carbons (Fsp3) is 0.235. The van der Waals surface area contributed by atoms with Crippen LogP contribution in [0.5, 0.6) is 0 Å². The normalized spacial score (nSPS) is 17.4. The maximum Gasteiger partial charge on any atom is 0.260 e. The number of benzene rings is 2. The van der Waals surface area contributed by atoms with E-state index in [9.17, 15) is 4.79 Å². The summed E-state index contributed by atoms with van der Waals surface area (Å²) in [6.07, 6.45) is 1.01. The average Bonchev–Trinajstić information content (AvgIpc) is 2.45. The minimum absolute atomic E-state index is 0.0287. The molecular formula is C17H17BrN2O. The van der Waals surface area contributed by atoms with Gasteiger partial charge in [-0.1, -0.05) is 41.1 Å². The van der Waals surface area contributed by atoms with Crippen LogP contribution in [0.1, 0.15) is 22.8 Å². The molecular weight excluding hydrogens is 328 g/mol. The second-order valence-corrected chi connectivity index (χ2v) is 6.50. The molecule has 2 aromatic carbocycles. The molecule has 1 aliphatic rings. The van der Waals surface area contributed by atoms with Gasteiger partial charge in [0.1, 0.15) is 0 Å². The molecule has 0 fully saturated rings. The Morgan fingerprint density at radius 2 is 2.05 bits per heavy atom. The molecule has 0 radical (unpaired) electrons. The Bertz CT molecular complexity index is 699. The van der Waals surface area contributed by atoms with E-state index in [1.807, 2.05) is 29.2 Å². The molecule has 1 heterocycles. The average molecular weight is 345 g/mol. The number of hydrogen-bond donors (Lipinski definition) is 1. The summed E-state index contributed by atoms with van der Waals surface area (Å²) in [5.41, 5.74) is 9.29. The maximum absolute atomic E-state index is 12.9. The van der Waals surface area contributed by atoms with E-state index in [2.05, 4.69) is 28.9 Å². The van der Waals surface area contributed by atoms with Crippen molar-refractivity contribution in [1.29, 1.82) is 0 Å². The van der Waals surface area contributed by atoms with E-state index in [1.54, 1.807) is 12.1 Å². The van der Waals surface area contributed by atoms with Crippen LogP contribution >= 0.6 is 15.9 Å². The number of amides is 1. The van der Waals surface area contributed by atoms with E-state index < -0.39 is 0 Å². The van der Waals surface area contributed by atoms with Crippen LogP contribution in [-0.2, 0) is 6.42 Å². The topological polar surface area (TPSA) is 46.3 Å². The molecule has 4 heteroatoms. The van der Waals surface area contributed by atoms with E-state index in [0.717, 1.165) is 23.1 Å². The number of carbonyl (C=O) groups is 1. The van der Waals surface area contributed by atoms with Gasteiger partial charge in [0.15, 0.2) is 0 Å². The van der Waals surface area contributed by atoms with Gasteiger partial charge in [0.05, 0.1) is 5.56 Å². The SMILES string of the molecule is CC1Cc2ccccc2N(C(=O)c2ccc(Br)cc2N)C1. The second-order valence-electron chi connectivity index (χ2n) is 5.59. The van der Waals surface area contributed by atoms with Crippen molar-refractivity contribution in [3.8, 4) is 0 Å². The van der Waals surface area contributed by atoms with Crippen LogP contribution < -0.4 is 10.6 Å². The first kappa shape index (κ1) is 14.1. The molecule has 2 aromatic rings. The minimum atomic E-state index is -0.0287. The van der Waals surface area contributed by atoms with Crippen LogP contribution in [0.3, 0.4) is 0 Å². The van der Waals surface area contributed by atoms with E-state index in [0.29, 0.717) is 17.2 Å². The number of carbonyl (C=O) groups excluding carboxylic acids is 1. The highest BCUT2D eigenvalue weighted by atomic mass is 79.9. The Morgan fingerprint density at radius 3 is 2.81 bits per heavy atom. The number of hydrogen-bond acceptors (Lipinski definition) is 2. The van der Waals surface area contributed by atoms with Crippen molar-refractivity contribution in [2.24, 2.45) is 5.92 Å². The molecule has 1 amide bonds. The van der Waals surface area contributed by atoms with Gasteiger partial charge in [-0.2, -0.15) is 0 Å². The molecule has 0 spiro atoms. The summed E-state index contributed by atoms with van der Waals surface area (Å²) in [7, 11) is 0. The third-order valence-electron chi connectivity index (χ3n) is 3.83. The Hall–Kier alpha value is -1.81. The molecule has 3 nitrogen and oxygen atoms in total. The predicted octanol–water partition coefficient (Wildman–Crippen LogP) is 3.87. The van der Waals surface area contributed by atoms with E-state index >= 15 is 0 Å². The first-order valence-electron chi connectivity index (χ1n) is 7.01. The van der Waals surface area contributed by atoms with Gasteiger partial charge in [0.25, 0.3) is 5.91 Å². The minimum Gasteiger partial charge on any atom is -0.398 e. The summed E-state index contributed by atoms with van der Waals surface area (Å²) in [5, 5.41) is 0. The van der Waals surface area contributed by atoms with Gasteiger partial charge >= 0.3 is 0 Å². The van der Waals surface area contributed by atoms with Crippen molar-refractivity contribution in [2.75, 3.05) is 17.2 Å². The van der Waals surface area contributed by atoms with Crippen LogP contribution in [0.2, 0.25) is 0 Å². The lowest BCUT2D eigenvalue weighted by atomic mass is 9.93. The van der Waals surface area contributed by atoms with E-state index in [-0.39, 0.29) is 5.91 Å². The predicted molar refractivity (Wildman–Crippen MR) is 89.5 cm³/mol. The third-order valence-corrected chi connectivity index (χ3v) is 4.33.